The molecule has 0 radical (unpaired) electrons. The third kappa shape index (κ3) is 3.26. The Morgan fingerprint density at radius 2 is 1.39 bits per heavy atom. The summed E-state index contributed by atoms with van der Waals surface area (Å²) in [5.74, 6) is 0.441. The van der Waals surface area contributed by atoms with Gasteiger partial charge in [0.15, 0.2) is 0 Å². The van der Waals surface area contributed by atoms with Crippen LogP contribution in [-0.4, -0.2) is 11.7 Å². The molecule has 102 valence electrons. The lowest BCUT2D eigenvalue weighted by Gasteiger charge is -2.28. The van der Waals surface area contributed by atoms with Gasteiger partial charge in [0.1, 0.15) is 5.75 Å². The van der Waals surface area contributed by atoms with Crippen LogP contribution in [0, 0.1) is 0 Å². The quantitative estimate of drug-likeness (QED) is 0.845. The van der Waals surface area contributed by atoms with Crippen molar-refractivity contribution in [2.24, 2.45) is 5.73 Å². The first-order valence-corrected chi connectivity index (χ1v) is 6.64. The SMILES string of the molecule is CC(C)(C)c1cc(C[14CH2]N)cc(C(C)(C)C)c1O. The minimum absolute atomic E-state index is 0.0608. The van der Waals surface area contributed by atoms with E-state index in [1.54, 1.807) is 0 Å². The van der Waals surface area contributed by atoms with Gasteiger partial charge in [-0.25, -0.2) is 0 Å². The minimum Gasteiger partial charge on any atom is -0.507 e. The average Bonchev–Trinajstić information content (AvgIpc) is 2.17. The smallest absolute Gasteiger partial charge is 0.123 e. The number of phenolic OH excluding ortho intramolecular Hbond substituents is 1. The van der Waals surface area contributed by atoms with Gasteiger partial charge in [0.25, 0.3) is 0 Å². The lowest BCUT2D eigenvalue weighted by atomic mass is 9.78. The predicted molar refractivity (Wildman–Crippen MR) is 78.3 cm³/mol. The summed E-state index contributed by atoms with van der Waals surface area (Å²) in [4.78, 5) is 0. The van der Waals surface area contributed by atoms with Crippen molar-refractivity contribution in [2.45, 2.75) is 58.8 Å². The molecule has 0 bridgehead atoms. The van der Waals surface area contributed by atoms with Crippen molar-refractivity contribution in [3.05, 3.63) is 28.8 Å². The van der Waals surface area contributed by atoms with E-state index in [0.717, 1.165) is 17.5 Å². The summed E-state index contributed by atoms with van der Waals surface area (Å²) in [6.07, 6.45) is 0.854. The van der Waals surface area contributed by atoms with Gasteiger partial charge in [0.05, 0.1) is 0 Å². The van der Waals surface area contributed by atoms with Crippen LogP contribution in [0.3, 0.4) is 0 Å². The Kier molecular flexibility index (Phi) is 4.12. The Balaban J connectivity index is 3.48. The number of aromatic hydroxyl groups is 1. The van der Waals surface area contributed by atoms with Crippen molar-refractivity contribution in [1.82, 2.24) is 0 Å². The Hall–Kier alpha value is -1.02. The molecule has 0 heterocycles. The van der Waals surface area contributed by atoms with Crippen LogP contribution in [0.1, 0.15) is 58.2 Å². The van der Waals surface area contributed by atoms with Crippen molar-refractivity contribution in [1.29, 1.82) is 0 Å². The molecule has 2 nitrogen and oxygen atoms in total. The molecule has 0 amide bonds. The van der Waals surface area contributed by atoms with E-state index in [4.69, 9.17) is 5.73 Å². The molecule has 2 heteroatoms. The summed E-state index contributed by atoms with van der Waals surface area (Å²) in [6, 6.07) is 4.19. The zero-order valence-corrected chi connectivity index (χ0v) is 12.6. The van der Waals surface area contributed by atoms with E-state index in [0.29, 0.717) is 12.3 Å². The number of phenols is 1. The molecule has 0 atom stereocenters. The van der Waals surface area contributed by atoms with Gasteiger partial charge in [-0.15, -0.1) is 0 Å². The first-order chi connectivity index (χ1) is 8.07. The fraction of sp³-hybridized carbons (Fsp3) is 0.625. The van der Waals surface area contributed by atoms with Gasteiger partial charge in [0.2, 0.25) is 0 Å². The maximum atomic E-state index is 10.5. The Labute approximate surface area is 111 Å². The largest absolute Gasteiger partial charge is 0.507 e. The summed E-state index contributed by atoms with van der Waals surface area (Å²) in [7, 11) is 0. The molecule has 18 heavy (non-hydrogen) atoms. The zero-order chi connectivity index (χ0) is 14.1. The lowest BCUT2D eigenvalue weighted by Crippen LogP contribution is -2.18. The molecule has 0 fully saturated rings. The van der Waals surface area contributed by atoms with Gasteiger partial charge >= 0.3 is 0 Å². The van der Waals surface area contributed by atoms with Gasteiger partial charge in [0, 0.05) is 0 Å². The highest BCUT2D eigenvalue weighted by atomic mass is 16.3. The number of hydrogen-bond donors (Lipinski definition) is 2. The summed E-state index contributed by atoms with van der Waals surface area (Å²) in [5, 5.41) is 10.5. The van der Waals surface area contributed by atoms with Crippen LogP contribution in [-0.2, 0) is 17.3 Å². The molecule has 0 unspecified atom stereocenters. The first-order valence-electron chi connectivity index (χ1n) is 6.64. The topological polar surface area (TPSA) is 46.2 Å². The molecule has 1 aromatic carbocycles. The molecule has 0 spiro atoms. The van der Waals surface area contributed by atoms with Crippen molar-refractivity contribution in [3.63, 3.8) is 0 Å². The first kappa shape index (κ1) is 15.0. The zero-order valence-electron chi connectivity index (χ0n) is 12.6. The fourth-order valence-electron chi connectivity index (χ4n) is 2.15. The van der Waals surface area contributed by atoms with Gasteiger partial charge in [-0.2, -0.15) is 0 Å². The van der Waals surface area contributed by atoms with Crippen LogP contribution in [0.15, 0.2) is 12.1 Å². The Morgan fingerprint density at radius 1 is 1.00 bits per heavy atom. The number of benzene rings is 1. The van der Waals surface area contributed by atoms with Crippen LogP contribution in [0.5, 0.6) is 5.75 Å². The molecule has 0 aliphatic carbocycles. The average molecular weight is 251 g/mol. The van der Waals surface area contributed by atoms with E-state index in [-0.39, 0.29) is 10.8 Å². The minimum atomic E-state index is -0.0608. The monoisotopic (exact) mass is 251 g/mol. The molecule has 3 N–H and O–H groups in total. The van der Waals surface area contributed by atoms with E-state index in [2.05, 4.69) is 53.7 Å². The summed E-state index contributed by atoms with van der Waals surface area (Å²) in [5.41, 5.74) is 8.77. The van der Waals surface area contributed by atoms with Crippen LogP contribution >= 0.6 is 0 Å². The van der Waals surface area contributed by atoms with Crippen molar-refractivity contribution in [3.8, 4) is 5.75 Å². The van der Waals surface area contributed by atoms with E-state index < -0.39 is 0 Å². The fourth-order valence-corrected chi connectivity index (χ4v) is 2.15. The number of hydrogen-bond acceptors (Lipinski definition) is 2. The van der Waals surface area contributed by atoms with Crippen molar-refractivity contribution >= 4 is 0 Å². The molecule has 0 saturated carbocycles. The molecule has 1 aromatic rings. The number of nitrogens with two attached hydrogens (primary N) is 1. The van der Waals surface area contributed by atoms with Crippen LogP contribution in [0.4, 0.5) is 0 Å². The van der Waals surface area contributed by atoms with Crippen LogP contribution < -0.4 is 5.73 Å². The van der Waals surface area contributed by atoms with E-state index in [9.17, 15) is 5.11 Å². The van der Waals surface area contributed by atoms with E-state index in [1.165, 1.54) is 5.56 Å². The molecule has 0 aromatic heterocycles. The third-order valence-electron chi connectivity index (χ3n) is 3.22. The van der Waals surface area contributed by atoms with Gasteiger partial charge < -0.3 is 10.8 Å². The standard InChI is InChI=1S/C16H27NO/c1-15(2,3)12-9-11(7-8-17)10-13(14(12)18)16(4,5)6/h9-10,18H,7-8,17H2,1-6H3/i8+2. The molecular formula is C16H27NO. The maximum Gasteiger partial charge on any atom is 0.123 e. The van der Waals surface area contributed by atoms with Crippen molar-refractivity contribution < 1.29 is 5.11 Å². The molecular weight excluding hydrogens is 224 g/mol. The van der Waals surface area contributed by atoms with Crippen LogP contribution in [0.25, 0.3) is 0 Å². The van der Waals surface area contributed by atoms with Gasteiger partial charge in [-0.3, -0.25) is 0 Å². The summed E-state index contributed by atoms with van der Waals surface area (Å²) >= 11 is 0. The summed E-state index contributed by atoms with van der Waals surface area (Å²) < 4.78 is 0. The molecule has 0 aliphatic heterocycles. The maximum absolute atomic E-state index is 10.5. The Morgan fingerprint density at radius 3 is 1.67 bits per heavy atom. The predicted octanol–water partition coefficient (Wildman–Crippen LogP) is 3.49. The molecule has 0 saturated heterocycles. The second kappa shape index (κ2) is 4.93. The van der Waals surface area contributed by atoms with E-state index in [1.807, 2.05) is 0 Å². The normalized spacial score (nSPS) is 12.8. The van der Waals surface area contributed by atoms with E-state index >= 15 is 0 Å². The Bertz CT molecular complexity index is 387. The lowest BCUT2D eigenvalue weighted by molar-refractivity contribution is 0.422. The van der Waals surface area contributed by atoms with Crippen molar-refractivity contribution in [2.75, 3.05) is 6.54 Å². The highest BCUT2D eigenvalue weighted by Crippen LogP contribution is 2.39. The molecule has 1 rings (SSSR count). The summed E-state index contributed by atoms with van der Waals surface area (Å²) in [6.45, 7) is 13.4. The van der Waals surface area contributed by atoms with Gasteiger partial charge in [-0.05, 0) is 40.5 Å². The number of rotatable bonds is 2. The van der Waals surface area contributed by atoms with Gasteiger partial charge in [-0.1, -0.05) is 53.7 Å². The second-order valence-corrected chi connectivity index (χ2v) is 7.08. The molecule has 0 aliphatic rings. The second-order valence-electron chi connectivity index (χ2n) is 7.08. The third-order valence-corrected chi connectivity index (χ3v) is 3.22. The highest BCUT2D eigenvalue weighted by molar-refractivity contribution is 5.49. The van der Waals surface area contributed by atoms with Crippen LogP contribution in [0.2, 0.25) is 0 Å². The highest BCUT2D eigenvalue weighted by Gasteiger charge is 2.26.